The van der Waals surface area contributed by atoms with Crippen LogP contribution < -0.4 is 0 Å². The number of aliphatic carboxylic acids is 1. The van der Waals surface area contributed by atoms with Crippen molar-refractivity contribution in [1.82, 2.24) is 9.80 Å². The fourth-order valence-corrected chi connectivity index (χ4v) is 2.06. The van der Waals surface area contributed by atoms with Crippen LogP contribution in [0.3, 0.4) is 0 Å². The fourth-order valence-electron chi connectivity index (χ4n) is 2.06. The third-order valence-electron chi connectivity index (χ3n) is 2.64. The maximum absolute atomic E-state index is 12.2. The molecule has 0 bridgehead atoms. The minimum Gasteiger partial charge on any atom is -0.480 e. The topological polar surface area (TPSA) is 70.1 Å². The Labute approximate surface area is 107 Å². The summed E-state index contributed by atoms with van der Waals surface area (Å²) in [7, 11) is 0. The highest BCUT2D eigenvalue weighted by atomic mass is 16.5. The summed E-state index contributed by atoms with van der Waals surface area (Å²) in [6, 6.07) is -0.278. The molecule has 1 N–H and O–H groups in total. The van der Waals surface area contributed by atoms with Crippen LogP contribution in [0.4, 0.5) is 4.79 Å². The number of nitrogens with zero attached hydrogens (tertiary/aromatic N) is 2. The molecule has 0 saturated carbocycles. The summed E-state index contributed by atoms with van der Waals surface area (Å²) in [5.41, 5.74) is 0. The van der Waals surface area contributed by atoms with Crippen molar-refractivity contribution in [3.63, 3.8) is 0 Å². The van der Waals surface area contributed by atoms with Gasteiger partial charge in [-0.1, -0.05) is 6.08 Å². The summed E-state index contributed by atoms with van der Waals surface area (Å²) in [5.74, 6) is -1.03. The summed E-state index contributed by atoms with van der Waals surface area (Å²) in [5, 5.41) is 8.79. The Balaban J connectivity index is 2.69. The highest BCUT2D eigenvalue weighted by Gasteiger charge is 2.29. The number of hydrogen-bond acceptors (Lipinski definition) is 3. The Morgan fingerprint density at radius 1 is 1.44 bits per heavy atom. The average molecular weight is 256 g/mol. The van der Waals surface area contributed by atoms with E-state index in [1.165, 1.54) is 11.0 Å². The predicted octanol–water partition coefficient (Wildman–Crippen LogP) is 0.788. The highest BCUT2D eigenvalue weighted by Crippen LogP contribution is 2.12. The third kappa shape index (κ3) is 4.03. The van der Waals surface area contributed by atoms with E-state index in [4.69, 9.17) is 9.84 Å². The van der Waals surface area contributed by atoms with Crippen molar-refractivity contribution in [3.05, 3.63) is 12.7 Å². The highest BCUT2D eigenvalue weighted by molar-refractivity contribution is 5.80. The zero-order valence-corrected chi connectivity index (χ0v) is 10.8. The van der Waals surface area contributed by atoms with Gasteiger partial charge in [0.2, 0.25) is 0 Å². The lowest BCUT2D eigenvalue weighted by Crippen LogP contribution is -2.53. The van der Waals surface area contributed by atoms with Gasteiger partial charge < -0.3 is 19.6 Å². The molecule has 0 aromatic carbocycles. The van der Waals surface area contributed by atoms with E-state index in [0.29, 0.717) is 13.1 Å². The average Bonchev–Trinajstić information content (AvgIpc) is 2.25. The summed E-state index contributed by atoms with van der Waals surface area (Å²) in [6.07, 6.45) is 1.45. The molecule has 6 nitrogen and oxygen atoms in total. The second-order valence-corrected chi connectivity index (χ2v) is 4.51. The first-order valence-corrected chi connectivity index (χ1v) is 5.96. The Hall–Kier alpha value is -1.56. The molecule has 0 radical (unpaired) electrons. The van der Waals surface area contributed by atoms with Crippen molar-refractivity contribution in [2.24, 2.45) is 0 Å². The molecule has 1 saturated heterocycles. The number of carbonyl (C=O) groups excluding carboxylic acids is 1. The number of carbonyl (C=O) groups is 2. The summed E-state index contributed by atoms with van der Waals surface area (Å²) in [4.78, 5) is 25.8. The Bertz CT molecular complexity index is 322. The molecule has 0 aliphatic carbocycles. The van der Waals surface area contributed by atoms with Crippen LogP contribution >= 0.6 is 0 Å². The minimum absolute atomic E-state index is 0.0342. The molecule has 1 aliphatic heterocycles. The molecule has 0 unspecified atom stereocenters. The number of urea groups is 1. The van der Waals surface area contributed by atoms with Gasteiger partial charge >= 0.3 is 12.0 Å². The molecular weight excluding hydrogens is 236 g/mol. The fraction of sp³-hybridized carbons (Fsp3) is 0.667. The van der Waals surface area contributed by atoms with E-state index in [-0.39, 0.29) is 31.3 Å². The number of hydrogen-bond donors (Lipinski definition) is 1. The van der Waals surface area contributed by atoms with Crippen molar-refractivity contribution in [2.75, 3.05) is 26.2 Å². The van der Waals surface area contributed by atoms with Crippen LogP contribution in [0.25, 0.3) is 0 Å². The van der Waals surface area contributed by atoms with Gasteiger partial charge in [0, 0.05) is 19.6 Å². The maximum Gasteiger partial charge on any atom is 0.323 e. The van der Waals surface area contributed by atoms with Crippen LogP contribution in [0.2, 0.25) is 0 Å². The number of amides is 2. The first-order chi connectivity index (χ1) is 8.43. The van der Waals surface area contributed by atoms with E-state index < -0.39 is 5.97 Å². The van der Waals surface area contributed by atoms with Gasteiger partial charge in [0.25, 0.3) is 0 Å². The molecule has 1 heterocycles. The second kappa shape index (κ2) is 6.39. The molecule has 0 aromatic rings. The van der Waals surface area contributed by atoms with Gasteiger partial charge in [0.05, 0.1) is 12.2 Å². The lowest BCUT2D eigenvalue weighted by Gasteiger charge is -2.37. The lowest BCUT2D eigenvalue weighted by atomic mass is 10.2. The van der Waals surface area contributed by atoms with Crippen LogP contribution in [0.15, 0.2) is 12.7 Å². The lowest BCUT2D eigenvalue weighted by molar-refractivity contribution is -0.137. The number of morpholine rings is 1. The van der Waals surface area contributed by atoms with Gasteiger partial charge in [0.15, 0.2) is 0 Å². The third-order valence-corrected chi connectivity index (χ3v) is 2.64. The maximum atomic E-state index is 12.2. The van der Waals surface area contributed by atoms with Crippen LogP contribution in [0.1, 0.15) is 13.8 Å². The molecule has 0 spiro atoms. The second-order valence-electron chi connectivity index (χ2n) is 4.51. The molecule has 6 heteroatoms. The molecular formula is C12H20N2O4. The van der Waals surface area contributed by atoms with Gasteiger partial charge in [-0.2, -0.15) is 0 Å². The van der Waals surface area contributed by atoms with Gasteiger partial charge in [0.1, 0.15) is 6.54 Å². The standard InChI is InChI=1S/C12H20N2O4/c1-4-5-13(8-11(15)16)12(17)14-6-9(2)18-10(3)7-14/h4,9-10H,1,5-8H2,2-3H3,(H,15,16)/t9-,10+. The number of carboxylic acid groups (broad SMARTS) is 1. The van der Waals surface area contributed by atoms with Crippen LogP contribution in [-0.4, -0.2) is 65.3 Å². The molecule has 1 aliphatic rings. The van der Waals surface area contributed by atoms with Crippen molar-refractivity contribution >= 4 is 12.0 Å². The van der Waals surface area contributed by atoms with E-state index in [1.807, 2.05) is 13.8 Å². The zero-order valence-electron chi connectivity index (χ0n) is 10.8. The molecule has 2 atom stereocenters. The van der Waals surface area contributed by atoms with Crippen LogP contribution in [-0.2, 0) is 9.53 Å². The predicted molar refractivity (Wildman–Crippen MR) is 66.4 cm³/mol. The van der Waals surface area contributed by atoms with E-state index in [0.717, 1.165) is 0 Å². The van der Waals surface area contributed by atoms with Crippen molar-refractivity contribution in [3.8, 4) is 0 Å². The monoisotopic (exact) mass is 256 g/mol. The molecule has 102 valence electrons. The van der Waals surface area contributed by atoms with Gasteiger partial charge in [-0.3, -0.25) is 4.79 Å². The zero-order chi connectivity index (χ0) is 13.7. The van der Waals surface area contributed by atoms with Crippen molar-refractivity contribution in [1.29, 1.82) is 0 Å². The van der Waals surface area contributed by atoms with Gasteiger partial charge in [-0.05, 0) is 13.8 Å². The van der Waals surface area contributed by atoms with E-state index in [2.05, 4.69) is 6.58 Å². The molecule has 1 fully saturated rings. The van der Waals surface area contributed by atoms with Crippen LogP contribution in [0, 0.1) is 0 Å². The van der Waals surface area contributed by atoms with Crippen molar-refractivity contribution < 1.29 is 19.4 Å². The Morgan fingerprint density at radius 2 is 2.00 bits per heavy atom. The van der Waals surface area contributed by atoms with E-state index in [1.54, 1.807) is 4.90 Å². The normalized spacial score (nSPS) is 23.6. The Kier molecular flexibility index (Phi) is 5.15. The quantitative estimate of drug-likeness (QED) is 0.755. The number of rotatable bonds is 4. The van der Waals surface area contributed by atoms with Gasteiger partial charge in [-0.25, -0.2) is 4.79 Å². The van der Waals surface area contributed by atoms with E-state index >= 15 is 0 Å². The Morgan fingerprint density at radius 3 is 2.44 bits per heavy atom. The summed E-state index contributed by atoms with van der Waals surface area (Å²) >= 11 is 0. The SMILES string of the molecule is C=CCN(CC(=O)O)C(=O)N1C[C@@H](C)O[C@@H](C)C1. The van der Waals surface area contributed by atoms with Crippen molar-refractivity contribution in [2.45, 2.75) is 26.1 Å². The first kappa shape index (κ1) is 14.5. The molecule has 18 heavy (non-hydrogen) atoms. The first-order valence-electron chi connectivity index (χ1n) is 5.96. The summed E-state index contributed by atoms with van der Waals surface area (Å²) in [6.45, 7) is 8.20. The minimum atomic E-state index is -1.03. The van der Waals surface area contributed by atoms with Gasteiger partial charge in [-0.15, -0.1) is 6.58 Å². The molecule has 1 rings (SSSR count). The smallest absolute Gasteiger partial charge is 0.323 e. The summed E-state index contributed by atoms with van der Waals surface area (Å²) < 4.78 is 5.54. The van der Waals surface area contributed by atoms with Crippen LogP contribution in [0.5, 0.6) is 0 Å². The number of ether oxygens (including phenoxy) is 1. The molecule has 2 amide bonds. The number of carboxylic acids is 1. The molecule has 0 aromatic heterocycles. The largest absolute Gasteiger partial charge is 0.480 e. The van der Waals surface area contributed by atoms with E-state index in [9.17, 15) is 9.59 Å².